The lowest BCUT2D eigenvalue weighted by atomic mass is 10.1. The Kier molecular flexibility index (Phi) is 8.28. The maximum absolute atomic E-state index is 12.5. The Morgan fingerprint density at radius 2 is 1.57 bits per heavy atom. The summed E-state index contributed by atoms with van der Waals surface area (Å²) in [5.74, 6) is 0. The zero-order chi connectivity index (χ0) is 21.2. The first-order valence-corrected chi connectivity index (χ1v) is 12.8. The number of anilines is 3. The predicted octanol–water partition coefficient (Wildman–Crippen LogP) is 6.59. The zero-order valence-electron chi connectivity index (χ0n) is 17.3. The van der Waals surface area contributed by atoms with Gasteiger partial charge >= 0.3 is 0 Å². The fourth-order valence-corrected chi connectivity index (χ4v) is 4.95. The topological polar surface area (TPSA) is 71.1 Å². The molecule has 2 aromatic carbocycles. The Morgan fingerprint density at radius 1 is 0.867 bits per heavy atom. The van der Waals surface area contributed by atoms with Gasteiger partial charge in [0, 0.05) is 16.8 Å². The van der Waals surface area contributed by atoms with E-state index in [0.29, 0.717) is 5.69 Å². The van der Waals surface area contributed by atoms with Crippen LogP contribution in [0.2, 0.25) is 0 Å². The van der Waals surface area contributed by atoms with Gasteiger partial charge in [-0.15, -0.1) is 11.3 Å². The second kappa shape index (κ2) is 11.1. The lowest BCUT2D eigenvalue weighted by molar-refractivity contribution is 0.601. The van der Waals surface area contributed by atoms with E-state index in [9.17, 15) is 8.42 Å². The molecule has 1 aromatic heterocycles. The molecule has 160 valence electrons. The third-order valence-corrected chi connectivity index (χ3v) is 6.98. The molecular formula is C23H29N3O2S2. The molecule has 0 saturated carbocycles. The highest BCUT2D eigenvalue weighted by molar-refractivity contribution is 7.92. The Hall–Kier alpha value is -2.38. The number of nitrogens with one attached hydrogen (secondary N) is 2. The number of hydrogen-bond donors (Lipinski definition) is 2. The molecule has 5 nitrogen and oxygen atoms in total. The molecule has 3 rings (SSSR count). The molecule has 0 aliphatic rings. The molecule has 0 bridgehead atoms. The van der Waals surface area contributed by atoms with E-state index in [2.05, 4.69) is 27.3 Å². The first-order chi connectivity index (χ1) is 14.6. The van der Waals surface area contributed by atoms with Crippen LogP contribution < -0.4 is 10.0 Å². The first-order valence-electron chi connectivity index (χ1n) is 10.5. The number of unbranched alkanes of at least 4 members (excludes halogenated alkanes) is 5. The van der Waals surface area contributed by atoms with Crippen molar-refractivity contribution in [1.29, 1.82) is 0 Å². The fraction of sp³-hybridized carbons (Fsp3) is 0.348. The Labute approximate surface area is 183 Å². The molecule has 0 fully saturated rings. The van der Waals surface area contributed by atoms with Crippen LogP contribution in [0.3, 0.4) is 0 Å². The number of hydrogen-bond acceptors (Lipinski definition) is 5. The molecule has 0 saturated heterocycles. The predicted molar refractivity (Wildman–Crippen MR) is 126 cm³/mol. The van der Waals surface area contributed by atoms with Crippen molar-refractivity contribution in [3.63, 3.8) is 0 Å². The lowest BCUT2D eigenvalue weighted by Crippen LogP contribution is -2.12. The van der Waals surface area contributed by atoms with E-state index in [1.807, 2.05) is 6.07 Å². The number of aryl methyl sites for hydroxylation is 1. The van der Waals surface area contributed by atoms with Gasteiger partial charge in [0.25, 0.3) is 10.0 Å². The van der Waals surface area contributed by atoms with Gasteiger partial charge in [-0.3, -0.25) is 4.72 Å². The van der Waals surface area contributed by atoms with E-state index in [-0.39, 0.29) is 4.90 Å². The second-order valence-corrected chi connectivity index (χ2v) is 9.82. The smallest absolute Gasteiger partial charge is 0.261 e. The summed E-state index contributed by atoms with van der Waals surface area (Å²) in [6, 6.07) is 15.6. The van der Waals surface area contributed by atoms with E-state index >= 15 is 0 Å². The van der Waals surface area contributed by atoms with Crippen molar-refractivity contribution in [2.24, 2.45) is 0 Å². The molecule has 0 spiro atoms. The summed E-state index contributed by atoms with van der Waals surface area (Å²) in [5, 5.41) is 6.19. The molecule has 0 atom stereocenters. The highest BCUT2D eigenvalue weighted by atomic mass is 32.2. The molecule has 2 N–H and O–H groups in total. The van der Waals surface area contributed by atoms with Crippen LogP contribution in [-0.4, -0.2) is 13.4 Å². The van der Waals surface area contributed by atoms with Crippen molar-refractivity contribution < 1.29 is 8.42 Å². The summed E-state index contributed by atoms with van der Waals surface area (Å²) in [7, 11) is -3.61. The Morgan fingerprint density at radius 3 is 2.30 bits per heavy atom. The number of sulfonamides is 1. The number of nitrogens with zero attached hydrogens (tertiary/aromatic N) is 1. The first kappa shape index (κ1) is 22.3. The molecule has 0 aliphatic carbocycles. The molecule has 0 amide bonds. The van der Waals surface area contributed by atoms with Gasteiger partial charge in [0.15, 0.2) is 5.13 Å². The van der Waals surface area contributed by atoms with Gasteiger partial charge < -0.3 is 5.32 Å². The minimum absolute atomic E-state index is 0.222. The minimum Gasteiger partial charge on any atom is -0.332 e. The van der Waals surface area contributed by atoms with Crippen molar-refractivity contribution in [1.82, 2.24) is 4.98 Å². The number of rotatable bonds is 12. The van der Waals surface area contributed by atoms with Crippen molar-refractivity contribution in [2.45, 2.75) is 56.8 Å². The van der Waals surface area contributed by atoms with Crippen LogP contribution in [0.25, 0.3) is 0 Å². The molecule has 0 aliphatic heterocycles. The van der Waals surface area contributed by atoms with Gasteiger partial charge in [0.1, 0.15) is 0 Å². The van der Waals surface area contributed by atoms with Crippen LogP contribution in [0, 0.1) is 0 Å². The van der Waals surface area contributed by atoms with Crippen molar-refractivity contribution in [3.05, 3.63) is 65.7 Å². The maximum atomic E-state index is 12.5. The van der Waals surface area contributed by atoms with Crippen molar-refractivity contribution in [3.8, 4) is 0 Å². The Balaban J connectivity index is 1.51. The van der Waals surface area contributed by atoms with Gasteiger partial charge in [-0.25, -0.2) is 13.4 Å². The van der Waals surface area contributed by atoms with Gasteiger partial charge in [0.2, 0.25) is 0 Å². The summed E-state index contributed by atoms with van der Waals surface area (Å²) >= 11 is 1.58. The standard InChI is InChI=1S/C23H29N3O2S2/c1-2-3-4-5-6-8-13-21-18-29-23(25-21)24-19-14-16-22(17-15-19)30(27,28)26-20-11-9-7-10-12-20/h7,9-12,14-18,26H,2-6,8,13H2,1H3,(H,24,25). The van der Waals surface area contributed by atoms with Gasteiger partial charge in [-0.2, -0.15) is 0 Å². The van der Waals surface area contributed by atoms with Crippen LogP contribution >= 0.6 is 11.3 Å². The summed E-state index contributed by atoms with van der Waals surface area (Å²) in [6.45, 7) is 2.23. The van der Waals surface area contributed by atoms with Gasteiger partial charge in [0.05, 0.1) is 10.6 Å². The minimum atomic E-state index is -3.61. The third kappa shape index (κ3) is 6.85. The summed E-state index contributed by atoms with van der Waals surface area (Å²) in [4.78, 5) is 4.87. The largest absolute Gasteiger partial charge is 0.332 e. The van der Waals surface area contributed by atoms with Gasteiger partial charge in [-0.1, -0.05) is 57.2 Å². The van der Waals surface area contributed by atoms with Crippen LogP contribution in [0.15, 0.2) is 64.9 Å². The summed E-state index contributed by atoms with van der Waals surface area (Å²) < 4.78 is 27.6. The molecule has 1 heterocycles. The quantitative estimate of drug-likeness (QED) is 0.310. The normalized spacial score (nSPS) is 11.4. The zero-order valence-corrected chi connectivity index (χ0v) is 18.9. The summed E-state index contributed by atoms with van der Waals surface area (Å²) in [5.41, 5.74) is 2.47. The third-order valence-electron chi connectivity index (χ3n) is 4.78. The highest BCUT2D eigenvalue weighted by Crippen LogP contribution is 2.24. The Bertz CT molecular complexity index is 1000. The van der Waals surface area contributed by atoms with E-state index in [1.165, 1.54) is 38.5 Å². The SMILES string of the molecule is CCCCCCCCc1csc(Nc2ccc(S(=O)(=O)Nc3ccccc3)cc2)n1. The second-order valence-electron chi connectivity index (χ2n) is 7.28. The number of para-hydroxylation sites is 1. The number of aromatic nitrogens is 1. The van der Waals surface area contributed by atoms with Crippen molar-refractivity contribution >= 4 is 37.9 Å². The molecular weight excluding hydrogens is 414 g/mol. The molecule has 7 heteroatoms. The average molecular weight is 444 g/mol. The molecule has 3 aromatic rings. The number of benzene rings is 2. The fourth-order valence-electron chi connectivity index (χ4n) is 3.13. The molecule has 0 radical (unpaired) electrons. The molecule has 0 unspecified atom stereocenters. The van der Waals surface area contributed by atoms with Crippen LogP contribution in [0.4, 0.5) is 16.5 Å². The van der Waals surface area contributed by atoms with Crippen LogP contribution in [-0.2, 0) is 16.4 Å². The lowest BCUT2D eigenvalue weighted by Gasteiger charge is -2.09. The molecule has 30 heavy (non-hydrogen) atoms. The van der Waals surface area contributed by atoms with Gasteiger partial charge in [-0.05, 0) is 49.2 Å². The maximum Gasteiger partial charge on any atom is 0.261 e. The number of thiazole rings is 1. The van der Waals surface area contributed by atoms with E-state index in [0.717, 1.165) is 22.9 Å². The highest BCUT2D eigenvalue weighted by Gasteiger charge is 2.14. The van der Waals surface area contributed by atoms with E-state index in [1.54, 1.807) is 59.9 Å². The van der Waals surface area contributed by atoms with E-state index in [4.69, 9.17) is 0 Å². The van der Waals surface area contributed by atoms with E-state index < -0.39 is 10.0 Å². The average Bonchev–Trinajstić information content (AvgIpc) is 3.18. The van der Waals surface area contributed by atoms with Crippen LogP contribution in [0.1, 0.15) is 51.1 Å². The monoisotopic (exact) mass is 443 g/mol. The van der Waals surface area contributed by atoms with Crippen molar-refractivity contribution in [2.75, 3.05) is 10.0 Å². The van der Waals surface area contributed by atoms with Crippen LogP contribution in [0.5, 0.6) is 0 Å². The summed E-state index contributed by atoms with van der Waals surface area (Å²) in [6.07, 6.45) is 8.67.